The van der Waals surface area contributed by atoms with Crippen LogP contribution >= 0.6 is 12.4 Å². The third-order valence-corrected chi connectivity index (χ3v) is 4.64. The summed E-state index contributed by atoms with van der Waals surface area (Å²) in [6.07, 6.45) is 2.12. The van der Waals surface area contributed by atoms with Gasteiger partial charge in [0.05, 0.1) is 12.9 Å². The second kappa shape index (κ2) is 7.26. The molecule has 7 heteroatoms. The fourth-order valence-corrected chi connectivity index (χ4v) is 3.54. The summed E-state index contributed by atoms with van der Waals surface area (Å²) in [4.78, 5) is 0. The summed E-state index contributed by atoms with van der Waals surface area (Å²) in [5.41, 5.74) is 6.32. The van der Waals surface area contributed by atoms with Crippen LogP contribution in [-0.4, -0.2) is 28.1 Å². The zero-order valence-electron chi connectivity index (χ0n) is 11.4. The Hall–Kier alpha value is -0.820. The highest BCUT2D eigenvalue weighted by Crippen LogP contribution is 2.32. The molecular formula is C13H21ClN2O3S. The van der Waals surface area contributed by atoms with Crippen LogP contribution < -0.4 is 15.2 Å². The van der Waals surface area contributed by atoms with Crippen LogP contribution in [0, 0.1) is 5.92 Å². The zero-order chi connectivity index (χ0) is 13.9. The van der Waals surface area contributed by atoms with Gasteiger partial charge in [0, 0.05) is 12.6 Å². The predicted molar refractivity (Wildman–Crippen MR) is 81.6 cm³/mol. The lowest BCUT2D eigenvalue weighted by molar-refractivity contribution is 0.414. The molecule has 2 rings (SSSR count). The van der Waals surface area contributed by atoms with E-state index in [0.717, 1.165) is 12.8 Å². The number of sulfonamides is 1. The average molecular weight is 321 g/mol. The van der Waals surface area contributed by atoms with E-state index < -0.39 is 10.0 Å². The maximum absolute atomic E-state index is 12.1. The largest absolute Gasteiger partial charge is 0.497 e. The molecule has 1 unspecified atom stereocenters. The number of hydrogen-bond donors (Lipinski definition) is 2. The molecule has 1 aliphatic rings. The molecule has 1 saturated carbocycles. The number of rotatable bonds is 7. The molecule has 0 amide bonds. The van der Waals surface area contributed by atoms with E-state index in [1.54, 1.807) is 31.4 Å². The summed E-state index contributed by atoms with van der Waals surface area (Å²) in [5.74, 6) is 1.02. The molecule has 1 aliphatic carbocycles. The molecule has 0 aromatic heterocycles. The van der Waals surface area contributed by atoms with Crippen molar-refractivity contribution in [2.45, 2.75) is 24.6 Å². The second-order valence-electron chi connectivity index (χ2n) is 4.91. The van der Waals surface area contributed by atoms with Gasteiger partial charge in [-0.3, -0.25) is 0 Å². The van der Waals surface area contributed by atoms with Crippen molar-refractivity contribution in [2.75, 3.05) is 13.7 Å². The van der Waals surface area contributed by atoms with Crippen molar-refractivity contribution in [3.63, 3.8) is 0 Å². The van der Waals surface area contributed by atoms with Crippen LogP contribution in [0.1, 0.15) is 18.4 Å². The van der Waals surface area contributed by atoms with Gasteiger partial charge in [0.2, 0.25) is 10.0 Å². The summed E-state index contributed by atoms with van der Waals surface area (Å²) in [7, 11) is -1.80. The molecule has 1 atom stereocenters. The van der Waals surface area contributed by atoms with Gasteiger partial charge in [-0.05, 0) is 36.5 Å². The van der Waals surface area contributed by atoms with Gasteiger partial charge in [-0.25, -0.2) is 13.1 Å². The number of halogens is 1. The quantitative estimate of drug-likeness (QED) is 0.793. The van der Waals surface area contributed by atoms with Crippen LogP contribution in [0.4, 0.5) is 0 Å². The minimum absolute atomic E-state index is 0. The lowest BCUT2D eigenvalue weighted by Crippen LogP contribution is -2.42. The van der Waals surface area contributed by atoms with Gasteiger partial charge in [0.1, 0.15) is 5.75 Å². The Morgan fingerprint density at radius 3 is 2.70 bits per heavy atom. The van der Waals surface area contributed by atoms with Crippen LogP contribution in [0.5, 0.6) is 5.75 Å². The third kappa shape index (κ3) is 4.94. The van der Waals surface area contributed by atoms with E-state index in [9.17, 15) is 8.42 Å². The van der Waals surface area contributed by atoms with Gasteiger partial charge in [-0.1, -0.05) is 12.1 Å². The molecule has 0 spiro atoms. The molecule has 20 heavy (non-hydrogen) atoms. The molecule has 114 valence electrons. The van der Waals surface area contributed by atoms with Gasteiger partial charge in [-0.15, -0.1) is 12.4 Å². The molecule has 0 bridgehead atoms. The van der Waals surface area contributed by atoms with Gasteiger partial charge in [0.25, 0.3) is 0 Å². The Balaban J connectivity index is 0.00000200. The van der Waals surface area contributed by atoms with Crippen molar-refractivity contribution in [3.05, 3.63) is 29.8 Å². The molecule has 5 nitrogen and oxygen atoms in total. The maximum atomic E-state index is 12.1. The van der Waals surface area contributed by atoms with E-state index in [0.29, 0.717) is 23.8 Å². The third-order valence-electron chi connectivity index (χ3n) is 3.27. The Bertz CT molecular complexity index is 532. The zero-order valence-corrected chi connectivity index (χ0v) is 13.0. The van der Waals surface area contributed by atoms with E-state index in [-0.39, 0.29) is 24.2 Å². The molecule has 0 saturated heterocycles. The first-order chi connectivity index (χ1) is 9.04. The first-order valence-corrected chi connectivity index (χ1v) is 8.02. The summed E-state index contributed by atoms with van der Waals surface area (Å²) in [6, 6.07) is 6.95. The van der Waals surface area contributed by atoms with E-state index in [2.05, 4.69) is 4.72 Å². The molecule has 0 heterocycles. The van der Waals surface area contributed by atoms with Gasteiger partial charge in [-0.2, -0.15) is 0 Å². The number of hydrogen-bond acceptors (Lipinski definition) is 4. The summed E-state index contributed by atoms with van der Waals surface area (Å²) in [6.45, 7) is 0.349. The number of methoxy groups -OCH3 is 1. The van der Waals surface area contributed by atoms with Crippen molar-refractivity contribution < 1.29 is 13.2 Å². The number of nitrogens with one attached hydrogen (secondary N) is 1. The van der Waals surface area contributed by atoms with Crippen molar-refractivity contribution in [1.82, 2.24) is 4.72 Å². The fraction of sp³-hybridized carbons (Fsp3) is 0.538. The fourth-order valence-electron chi connectivity index (χ4n) is 2.09. The normalized spacial score (nSPS) is 16.3. The molecule has 0 aliphatic heterocycles. The average Bonchev–Trinajstić information content (AvgIpc) is 3.20. The number of benzene rings is 1. The van der Waals surface area contributed by atoms with Crippen LogP contribution in [-0.2, 0) is 15.8 Å². The van der Waals surface area contributed by atoms with E-state index in [1.807, 2.05) is 0 Å². The topological polar surface area (TPSA) is 81.4 Å². The minimum atomic E-state index is -3.36. The standard InChI is InChI=1S/C13H20N2O3S.ClH/c1-18-12-4-2-3-10(7-12)9-19(16,17)15-13(8-14)11-5-6-11;/h2-4,7,11,13,15H,5-6,8-9,14H2,1H3;1H. The molecule has 0 radical (unpaired) electrons. The monoisotopic (exact) mass is 320 g/mol. The predicted octanol–water partition coefficient (Wildman–Crippen LogP) is 1.27. The first-order valence-electron chi connectivity index (χ1n) is 6.37. The molecule has 1 aromatic rings. The highest BCUT2D eigenvalue weighted by Gasteiger charge is 2.32. The van der Waals surface area contributed by atoms with E-state index in [1.165, 1.54) is 0 Å². The van der Waals surface area contributed by atoms with Gasteiger partial charge in [0.15, 0.2) is 0 Å². The second-order valence-corrected chi connectivity index (χ2v) is 6.66. The molecule has 1 aromatic carbocycles. The van der Waals surface area contributed by atoms with Crippen LogP contribution in [0.3, 0.4) is 0 Å². The lowest BCUT2D eigenvalue weighted by Gasteiger charge is -2.16. The van der Waals surface area contributed by atoms with Crippen LogP contribution in [0.2, 0.25) is 0 Å². The smallest absolute Gasteiger partial charge is 0.216 e. The Morgan fingerprint density at radius 1 is 1.45 bits per heavy atom. The van der Waals surface area contributed by atoms with Crippen LogP contribution in [0.25, 0.3) is 0 Å². The number of nitrogens with two attached hydrogens (primary N) is 1. The Labute approximate surface area is 126 Å². The summed E-state index contributed by atoms with van der Waals surface area (Å²) in [5, 5.41) is 0. The van der Waals surface area contributed by atoms with E-state index in [4.69, 9.17) is 10.5 Å². The number of ether oxygens (including phenoxy) is 1. The first kappa shape index (κ1) is 17.2. The lowest BCUT2D eigenvalue weighted by atomic mass is 10.2. The SMILES string of the molecule is COc1cccc(CS(=O)(=O)NC(CN)C2CC2)c1.Cl. The van der Waals surface area contributed by atoms with Crippen molar-refractivity contribution >= 4 is 22.4 Å². The van der Waals surface area contributed by atoms with E-state index >= 15 is 0 Å². The summed E-state index contributed by atoms with van der Waals surface area (Å²) >= 11 is 0. The van der Waals surface area contributed by atoms with Crippen molar-refractivity contribution in [1.29, 1.82) is 0 Å². The molecule has 3 N–H and O–H groups in total. The highest BCUT2D eigenvalue weighted by atomic mass is 35.5. The van der Waals surface area contributed by atoms with Crippen molar-refractivity contribution in [2.24, 2.45) is 11.7 Å². The van der Waals surface area contributed by atoms with Gasteiger partial charge >= 0.3 is 0 Å². The Morgan fingerprint density at radius 2 is 2.15 bits per heavy atom. The van der Waals surface area contributed by atoms with Crippen LogP contribution in [0.15, 0.2) is 24.3 Å². The van der Waals surface area contributed by atoms with Crippen molar-refractivity contribution in [3.8, 4) is 5.75 Å². The minimum Gasteiger partial charge on any atom is -0.497 e. The highest BCUT2D eigenvalue weighted by molar-refractivity contribution is 7.88. The molecular weight excluding hydrogens is 300 g/mol. The van der Waals surface area contributed by atoms with Gasteiger partial charge < -0.3 is 10.5 Å². The maximum Gasteiger partial charge on any atom is 0.216 e. The summed E-state index contributed by atoms with van der Waals surface area (Å²) < 4.78 is 32.0. The Kier molecular flexibility index (Phi) is 6.26. The molecule has 1 fully saturated rings.